The van der Waals surface area contributed by atoms with E-state index in [1.807, 2.05) is 6.07 Å². The molecule has 0 amide bonds. The van der Waals surface area contributed by atoms with Crippen LogP contribution in [0.4, 0.5) is 5.69 Å². The van der Waals surface area contributed by atoms with Crippen LogP contribution in [0.3, 0.4) is 0 Å². The van der Waals surface area contributed by atoms with Crippen LogP contribution in [0.5, 0.6) is 11.5 Å². The first kappa shape index (κ1) is 23.7. The van der Waals surface area contributed by atoms with Crippen molar-refractivity contribution in [3.63, 3.8) is 0 Å². The van der Waals surface area contributed by atoms with Crippen LogP contribution in [0.25, 0.3) is 11.3 Å². The number of benzene rings is 3. The third-order valence-corrected chi connectivity index (χ3v) is 5.29. The smallest absolute Gasteiger partial charge is 0.344 e. The summed E-state index contributed by atoms with van der Waals surface area (Å²) in [5.74, 6) is -0.782. The van der Waals surface area contributed by atoms with Crippen molar-refractivity contribution in [1.82, 2.24) is 5.16 Å². The zero-order chi connectivity index (χ0) is 24.9. The largest absolute Gasteiger partial charge is 0.454 e. The van der Waals surface area contributed by atoms with Gasteiger partial charge in [0.25, 0.3) is 0 Å². The van der Waals surface area contributed by atoms with E-state index >= 15 is 0 Å². The van der Waals surface area contributed by atoms with E-state index in [1.54, 1.807) is 31.2 Å². The van der Waals surface area contributed by atoms with Crippen molar-refractivity contribution in [3.05, 3.63) is 105 Å². The Balaban J connectivity index is 1.43. The number of carbonyl (C=O) groups excluding carboxylic acids is 2. The topological polar surface area (TPSA) is 122 Å². The maximum atomic E-state index is 12.7. The van der Waals surface area contributed by atoms with Crippen LogP contribution in [0.1, 0.15) is 26.5 Å². The molecule has 9 nitrogen and oxygen atoms in total. The van der Waals surface area contributed by atoms with Crippen molar-refractivity contribution in [2.45, 2.75) is 6.92 Å². The Labute approximate surface area is 204 Å². The summed E-state index contributed by atoms with van der Waals surface area (Å²) >= 11 is 6.04. The van der Waals surface area contributed by atoms with Gasteiger partial charge < -0.3 is 14.0 Å². The van der Waals surface area contributed by atoms with E-state index in [4.69, 9.17) is 25.6 Å². The molecule has 0 atom stereocenters. The molecule has 10 heteroatoms. The highest BCUT2D eigenvalue weighted by molar-refractivity contribution is 6.32. The monoisotopic (exact) mass is 492 g/mol. The van der Waals surface area contributed by atoms with Gasteiger partial charge in [-0.15, -0.1) is 0 Å². The predicted molar refractivity (Wildman–Crippen MR) is 126 cm³/mol. The molecule has 0 bridgehead atoms. The van der Waals surface area contributed by atoms with Gasteiger partial charge in [-0.2, -0.15) is 0 Å². The summed E-state index contributed by atoms with van der Waals surface area (Å²) in [5.41, 5.74) is 1.12. The molecule has 0 spiro atoms. The van der Waals surface area contributed by atoms with Gasteiger partial charge in [-0.1, -0.05) is 53.2 Å². The van der Waals surface area contributed by atoms with E-state index in [1.165, 1.54) is 42.5 Å². The number of nitro groups is 1. The Morgan fingerprint density at radius 2 is 1.74 bits per heavy atom. The minimum absolute atomic E-state index is 0.0742. The first-order chi connectivity index (χ1) is 16.8. The number of Topliss-reactive ketones (excluding diaryl/α,β-unsaturated/α-hetero) is 1. The fourth-order valence-electron chi connectivity index (χ4n) is 3.26. The number of nitro benzene ring substituents is 1. The number of rotatable bonds is 8. The minimum Gasteiger partial charge on any atom is -0.454 e. The average molecular weight is 493 g/mol. The van der Waals surface area contributed by atoms with Crippen LogP contribution in [0.15, 0.2) is 77.3 Å². The van der Waals surface area contributed by atoms with E-state index in [0.717, 1.165) is 0 Å². The highest BCUT2D eigenvalue weighted by Gasteiger charge is 2.24. The molecule has 0 aliphatic carbocycles. The molecule has 35 heavy (non-hydrogen) atoms. The lowest BCUT2D eigenvalue weighted by Crippen LogP contribution is -2.15. The molecule has 4 rings (SSSR count). The number of aryl methyl sites for hydroxylation is 1. The van der Waals surface area contributed by atoms with Crippen molar-refractivity contribution in [2.24, 2.45) is 0 Å². The van der Waals surface area contributed by atoms with Gasteiger partial charge in [-0.3, -0.25) is 14.9 Å². The van der Waals surface area contributed by atoms with Gasteiger partial charge in [0.1, 0.15) is 22.8 Å². The number of nitrogens with zero attached hydrogens (tertiary/aromatic N) is 2. The fourth-order valence-corrected chi connectivity index (χ4v) is 3.47. The second-order valence-electron chi connectivity index (χ2n) is 7.30. The van der Waals surface area contributed by atoms with E-state index < -0.39 is 23.3 Å². The van der Waals surface area contributed by atoms with Gasteiger partial charge in [-0.25, -0.2) is 4.79 Å². The van der Waals surface area contributed by atoms with Crippen molar-refractivity contribution >= 4 is 29.0 Å². The van der Waals surface area contributed by atoms with E-state index in [-0.39, 0.29) is 39.1 Å². The SMILES string of the molecule is Cc1onc(-c2ccccc2)c1C(=O)OCC(=O)c1ccc(Oc2c(Cl)cccc2[N+](=O)[O-])cc1. The molecule has 3 aromatic carbocycles. The Morgan fingerprint density at radius 1 is 1.03 bits per heavy atom. The molecule has 0 N–H and O–H groups in total. The summed E-state index contributed by atoms with van der Waals surface area (Å²) in [6.45, 7) is 1.08. The van der Waals surface area contributed by atoms with Crippen LogP contribution in [-0.2, 0) is 4.74 Å². The Hall–Kier alpha value is -4.50. The lowest BCUT2D eigenvalue weighted by atomic mass is 10.1. The Kier molecular flexibility index (Phi) is 6.88. The zero-order valence-corrected chi connectivity index (χ0v) is 19.0. The molecular formula is C25H17ClN2O7. The first-order valence-electron chi connectivity index (χ1n) is 10.3. The van der Waals surface area contributed by atoms with Crippen molar-refractivity contribution in [2.75, 3.05) is 6.61 Å². The van der Waals surface area contributed by atoms with Gasteiger partial charge in [0.15, 0.2) is 12.4 Å². The summed E-state index contributed by atoms with van der Waals surface area (Å²) in [5, 5.41) is 15.2. The maximum Gasteiger partial charge on any atom is 0.344 e. The molecule has 176 valence electrons. The summed E-state index contributed by atoms with van der Waals surface area (Å²) in [4.78, 5) is 35.8. The molecule has 1 aromatic heterocycles. The maximum absolute atomic E-state index is 12.7. The van der Waals surface area contributed by atoms with Crippen LogP contribution < -0.4 is 4.74 Å². The highest BCUT2D eigenvalue weighted by Crippen LogP contribution is 2.37. The van der Waals surface area contributed by atoms with E-state index in [2.05, 4.69) is 5.16 Å². The molecule has 1 heterocycles. The second kappa shape index (κ2) is 10.2. The van der Waals surface area contributed by atoms with Crippen LogP contribution in [0.2, 0.25) is 5.02 Å². The molecule has 0 saturated carbocycles. The van der Waals surface area contributed by atoms with Crippen molar-refractivity contribution < 1.29 is 28.5 Å². The number of ketones is 1. The molecule has 0 aliphatic heterocycles. The van der Waals surface area contributed by atoms with Crippen LogP contribution in [0, 0.1) is 17.0 Å². The number of halogens is 1. The van der Waals surface area contributed by atoms with Crippen LogP contribution in [-0.4, -0.2) is 28.4 Å². The van der Waals surface area contributed by atoms with Gasteiger partial charge in [0.2, 0.25) is 5.75 Å². The summed E-state index contributed by atoms with van der Waals surface area (Å²) in [6, 6.07) is 19.0. The zero-order valence-electron chi connectivity index (χ0n) is 18.3. The first-order valence-corrected chi connectivity index (χ1v) is 10.7. The number of aromatic nitrogens is 1. The number of para-hydroxylation sites is 1. The Bertz CT molecular complexity index is 1400. The number of hydrogen-bond donors (Lipinski definition) is 0. The molecule has 0 saturated heterocycles. The van der Waals surface area contributed by atoms with E-state index in [0.29, 0.717) is 11.3 Å². The average Bonchev–Trinajstić information content (AvgIpc) is 3.25. The quantitative estimate of drug-likeness (QED) is 0.126. The summed E-state index contributed by atoms with van der Waals surface area (Å²) in [6.07, 6.45) is 0. The number of hydrogen-bond acceptors (Lipinski definition) is 8. The molecule has 0 unspecified atom stereocenters. The second-order valence-corrected chi connectivity index (χ2v) is 7.71. The molecule has 0 radical (unpaired) electrons. The number of esters is 1. The molecule has 0 aliphatic rings. The molecule has 4 aromatic rings. The van der Waals surface area contributed by atoms with Gasteiger partial charge in [0, 0.05) is 17.2 Å². The van der Waals surface area contributed by atoms with Gasteiger partial charge in [-0.05, 0) is 37.3 Å². The molecule has 0 fully saturated rings. The lowest BCUT2D eigenvalue weighted by molar-refractivity contribution is -0.385. The Morgan fingerprint density at radius 3 is 2.43 bits per heavy atom. The minimum atomic E-state index is -0.734. The number of carbonyl (C=O) groups is 2. The van der Waals surface area contributed by atoms with E-state index in [9.17, 15) is 19.7 Å². The fraction of sp³-hybridized carbons (Fsp3) is 0.0800. The van der Waals surface area contributed by atoms with Gasteiger partial charge >= 0.3 is 11.7 Å². The van der Waals surface area contributed by atoms with Gasteiger partial charge in [0.05, 0.1) is 9.95 Å². The van der Waals surface area contributed by atoms with Crippen molar-refractivity contribution in [1.29, 1.82) is 0 Å². The third kappa shape index (κ3) is 5.20. The third-order valence-electron chi connectivity index (χ3n) is 4.99. The predicted octanol–water partition coefficient (Wildman–Crippen LogP) is 6.04. The highest BCUT2D eigenvalue weighted by atomic mass is 35.5. The number of ether oxygens (including phenoxy) is 2. The summed E-state index contributed by atoms with van der Waals surface area (Å²) in [7, 11) is 0. The summed E-state index contributed by atoms with van der Waals surface area (Å²) < 4.78 is 15.9. The normalized spacial score (nSPS) is 10.6. The lowest BCUT2D eigenvalue weighted by Gasteiger charge is -2.09. The molecular weight excluding hydrogens is 476 g/mol. The standard InChI is InChI=1S/C25H17ClN2O7/c1-15-22(23(27-35-15)17-6-3-2-4-7-17)25(30)33-14-21(29)16-10-12-18(13-11-16)34-24-19(26)8-5-9-20(24)28(31)32/h2-13H,14H2,1H3. The van der Waals surface area contributed by atoms with Crippen LogP contribution >= 0.6 is 11.6 Å². The van der Waals surface area contributed by atoms with Crippen molar-refractivity contribution in [3.8, 4) is 22.8 Å².